The molecule has 2 aromatic heterocycles. The molecule has 108 valence electrons. The summed E-state index contributed by atoms with van der Waals surface area (Å²) in [5, 5.41) is 0.676. The first kappa shape index (κ1) is 14.8. The molecule has 3 rings (SSSR count). The molecule has 0 spiro atoms. The highest BCUT2D eigenvalue weighted by Crippen LogP contribution is 2.28. The Morgan fingerprint density at radius 2 is 2.10 bits per heavy atom. The average molecular weight is 385 g/mol. The lowest BCUT2D eigenvalue weighted by Gasteiger charge is -2.10. The van der Waals surface area contributed by atoms with Crippen LogP contribution in [0.1, 0.15) is 11.4 Å². The zero-order chi connectivity index (χ0) is 15.0. The Hall–Kier alpha value is -1.10. The minimum Gasteiger partial charge on any atom is -0.279 e. The average Bonchev–Trinajstić information content (AvgIpc) is 2.76. The Kier molecular flexibility index (Phi) is 4.20. The van der Waals surface area contributed by atoms with Crippen LogP contribution >= 0.6 is 39.1 Å². The maximum absolute atomic E-state index is 6.41. The largest absolute Gasteiger partial charge is 0.279 e. The van der Waals surface area contributed by atoms with Crippen molar-refractivity contribution in [2.24, 2.45) is 0 Å². The molecule has 6 heteroatoms. The number of imidazole rings is 1. The summed E-state index contributed by atoms with van der Waals surface area (Å²) >= 11 is 15.7. The van der Waals surface area contributed by atoms with E-state index < -0.39 is 0 Å². The lowest BCUT2D eigenvalue weighted by atomic mass is 10.2. The summed E-state index contributed by atoms with van der Waals surface area (Å²) in [4.78, 5) is 9.11. The molecule has 0 N–H and O–H groups in total. The number of hydrogen-bond donors (Lipinski definition) is 0. The Labute approximate surface area is 141 Å². The first-order valence-corrected chi connectivity index (χ1v) is 8.16. The van der Waals surface area contributed by atoms with E-state index >= 15 is 0 Å². The van der Waals surface area contributed by atoms with Gasteiger partial charge in [0.2, 0.25) is 0 Å². The van der Waals surface area contributed by atoms with Crippen LogP contribution in [0.15, 0.2) is 34.9 Å². The molecule has 0 aliphatic carbocycles. The first-order valence-electron chi connectivity index (χ1n) is 6.45. The van der Waals surface area contributed by atoms with Gasteiger partial charge in [-0.2, -0.15) is 0 Å². The minimum absolute atomic E-state index is 0.494. The van der Waals surface area contributed by atoms with Gasteiger partial charge in [0.05, 0.1) is 10.7 Å². The summed E-state index contributed by atoms with van der Waals surface area (Å²) < 4.78 is 2.87. The van der Waals surface area contributed by atoms with Crippen molar-refractivity contribution in [3.8, 4) is 5.69 Å². The van der Waals surface area contributed by atoms with E-state index in [1.807, 2.05) is 35.8 Å². The predicted octanol–water partition coefficient (Wildman–Crippen LogP) is 4.93. The molecule has 0 saturated carbocycles. The van der Waals surface area contributed by atoms with Crippen LogP contribution in [0.2, 0.25) is 5.02 Å². The van der Waals surface area contributed by atoms with Gasteiger partial charge in [0.25, 0.3) is 0 Å². The predicted molar refractivity (Wildman–Crippen MR) is 90.7 cm³/mol. The van der Waals surface area contributed by atoms with Crippen molar-refractivity contribution >= 4 is 50.3 Å². The highest BCUT2D eigenvalue weighted by molar-refractivity contribution is 9.10. The van der Waals surface area contributed by atoms with E-state index in [2.05, 4.69) is 25.9 Å². The van der Waals surface area contributed by atoms with E-state index in [9.17, 15) is 0 Å². The van der Waals surface area contributed by atoms with Crippen molar-refractivity contribution in [1.82, 2.24) is 14.5 Å². The number of fused-ring (bicyclic) bond motifs is 1. The van der Waals surface area contributed by atoms with E-state index in [0.717, 1.165) is 32.7 Å². The molecule has 0 bridgehead atoms. The molecule has 3 aromatic rings. The fraction of sp³-hybridized carbons (Fsp3) is 0.200. The Morgan fingerprint density at radius 1 is 1.29 bits per heavy atom. The van der Waals surface area contributed by atoms with Gasteiger partial charge in [-0.05, 0) is 46.6 Å². The maximum Gasteiger partial charge on any atom is 0.164 e. The SMILES string of the molecule is Cc1ccc(-n2c(CCCl)nc3cc(Br)cnc32)c(Cl)c1. The van der Waals surface area contributed by atoms with E-state index in [-0.39, 0.29) is 0 Å². The highest BCUT2D eigenvalue weighted by atomic mass is 79.9. The van der Waals surface area contributed by atoms with Gasteiger partial charge in [-0.1, -0.05) is 17.7 Å². The molecular formula is C15H12BrCl2N3. The molecule has 2 heterocycles. The number of benzene rings is 1. The van der Waals surface area contributed by atoms with Crippen LogP contribution in [0.4, 0.5) is 0 Å². The van der Waals surface area contributed by atoms with E-state index in [1.165, 1.54) is 0 Å². The minimum atomic E-state index is 0.494. The maximum atomic E-state index is 6.41. The van der Waals surface area contributed by atoms with Crippen molar-refractivity contribution < 1.29 is 0 Å². The zero-order valence-electron chi connectivity index (χ0n) is 11.3. The number of alkyl halides is 1. The van der Waals surface area contributed by atoms with Crippen LogP contribution < -0.4 is 0 Å². The number of pyridine rings is 1. The standard InChI is InChI=1S/C15H12BrCl2N3/c1-9-2-3-13(11(18)6-9)21-14(4-5-17)20-12-7-10(16)8-19-15(12)21/h2-3,6-8H,4-5H2,1H3. The monoisotopic (exact) mass is 383 g/mol. The van der Waals surface area contributed by atoms with Crippen LogP contribution in [0, 0.1) is 6.92 Å². The van der Waals surface area contributed by atoms with Crippen molar-refractivity contribution in [3.63, 3.8) is 0 Å². The lowest BCUT2D eigenvalue weighted by Crippen LogP contribution is -2.03. The molecule has 0 amide bonds. The topological polar surface area (TPSA) is 30.7 Å². The van der Waals surface area contributed by atoms with E-state index in [0.29, 0.717) is 17.3 Å². The second-order valence-electron chi connectivity index (χ2n) is 4.75. The fourth-order valence-corrected chi connectivity index (χ4v) is 3.09. The van der Waals surface area contributed by atoms with E-state index in [1.54, 1.807) is 6.20 Å². The molecule has 3 nitrogen and oxygen atoms in total. The van der Waals surface area contributed by atoms with Crippen molar-refractivity contribution in [3.05, 3.63) is 51.3 Å². The molecule has 0 aliphatic heterocycles. The molecule has 1 aromatic carbocycles. The second kappa shape index (κ2) is 5.95. The summed E-state index contributed by atoms with van der Waals surface area (Å²) in [5.74, 6) is 1.35. The molecule has 0 aliphatic rings. The third-order valence-electron chi connectivity index (χ3n) is 3.20. The molecule has 21 heavy (non-hydrogen) atoms. The normalized spacial score (nSPS) is 11.2. The van der Waals surface area contributed by atoms with Gasteiger partial charge in [-0.3, -0.25) is 4.57 Å². The summed E-state index contributed by atoms with van der Waals surface area (Å²) in [5.41, 5.74) is 3.59. The molecular weight excluding hydrogens is 373 g/mol. The Morgan fingerprint density at radius 3 is 2.81 bits per heavy atom. The van der Waals surface area contributed by atoms with Gasteiger partial charge in [-0.15, -0.1) is 11.6 Å². The quantitative estimate of drug-likeness (QED) is 0.599. The number of aromatic nitrogens is 3. The third-order valence-corrected chi connectivity index (χ3v) is 4.12. The summed E-state index contributed by atoms with van der Waals surface area (Å²) in [6.07, 6.45) is 2.41. The second-order valence-corrected chi connectivity index (χ2v) is 6.45. The molecule has 0 saturated heterocycles. The highest BCUT2D eigenvalue weighted by Gasteiger charge is 2.15. The summed E-state index contributed by atoms with van der Waals surface area (Å²) in [6.45, 7) is 2.01. The van der Waals surface area contributed by atoms with Crippen LogP contribution in [0.25, 0.3) is 16.9 Å². The molecule has 0 fully saturated rings. The number of rotatable bonds is 3. The Balaban J connectivity index is 2.30. The Bertz CT molecular complexity index is 814. The molecule has 0 unspecified atom stereocenters. The lowest BCUT2D eigenvalue weighted by molar-refractivity contribution is 0.905. The zero-order valence-corrected chi connectivity index (χ0v) is 14.4. The molecule has 0 radical (unpaired) electrons. The van der Waals surface area contributed by atoms with Gasteiger partial charge in [0.1, 0.15) is 11.3 Å². The van der Waals surface area contributed by atoms with Gasteiger partial charge >= 0.3 is 0 Å². The van der Waals surface area contributed by atoms with Crippen LogP contribution in [-0.2, 0) is 6.42 Å². The van der Waals surface area contributed by atoms with E-state index in [4.69, 9.17) is 23.2 Å². The van der Waals surface area contributed by atoms with Crippen LogP contribution in [0.5, 0.6) is 0 Å². The van der Waals surface area contributed by atoms with Gasteiger partial charge in [-0.25, -0.2) is 9.97 Å². The van der Waals surface area contributed by atoms with Gasteiger partial charge in [0.15, 0.2) is 5.65 Å². The number of hydrogen-bond acceptors (Lipinski definition) is 2. The van der Waals surface area contributed by atoms with Crippen molar-refractivity contribution in [2.75, 3.05) is 5.88 Å². The third kappa shape index (κ3) is 2.80. The van der Waals surface area contributed by atoms with Crippen molar-refractivity contribution in [1.29, 1.82) is 0 Å². The fourth-order valence-electron chi connectivity index (χ4n) is 2.29. The summed E-state index contributed by atoms with van der Waals surface area (Å²) in [7, 11) is 0. The number of halogens is 3. The van der Waals surface area contributed by atoms with Crippen molar-refractivity contribution in [2.45, 2.75) is 13.3 Å². The molecule has 0 atom stereocenters. The van der Waals surface area contributed by atoms with Gasteiger partial charge < -0.3 is 0 Å². The van der Waals surface area contributed by atoms with Crippen LogP contribution in [0.3, 0.4) is 0 Å². The van der Waals surface area contributed by atoms with Gasteiger partial charge in [0, 0.05) is 23.0 Å². The smallest absolute Gasteiger partial charge is 0.164 e. The first-order chi connectivity index (χ1) is 10.1. The number of nitrogens with zero attached hydrogens (tertiary/aromatic N) is 3. The number of aryl methyl sites for hydroxylation is 2. The van der Waals surface area contributed by atoms with Crippen LogP contribution in [-0.4, -0.2) is 20.4 Å². The summed E-state index contributed by atoms with van der Waals surface area (Å²) in [6, 6.07) is 7.89.